The van der Waals surface area contributed by atoms with E-state index in [9.17, 15) is 0 Å². The van der Waals surface area contributed by atoms with Gasteiger partial charge in [-0.3, -0.25) is 0 Å². The first-order chi connectivity index (χ1) is 9.58. The van der Waals surface area contributed by atoms with E-state index < -0.39 is 0 Å². The van der Waals surface area contributed by atoms with Gasteiger partial charge in [-0.05, 0) is 73.0 Å². The molecular weight excluding hydrogens is 252 g/mol. The van der Waals surface area contributed by atoms with Crippen LogP contribution in [0.25, 0.3) is 0 Å². The van der Waals surface area contributed by atoms with Crippen LogP contribution in [0.3, 0.4) is 0 Å². The highest BCUT2D eigenvalue weighted by atomic mass is 14.2. The Hall–Kier alpha value is -0.780. The predicted octanol–water partition coefficient (Wildman–Crippen LogP) is 6.73. The summed E-state index contributed by atoms with van der Waals surface area (Å²) in [5.41, 5.74) is 5.60. The van der Waals surface area contributed by atoms with E-state index >= 15 is 0 Å². The molecular formula is C21H36. The third kappa shape index (κ3) is 7.69. The van der Waals surface area contributed by atoms with Crippen LogP contribution in [0.5, 0.6) is 0 Å². The fraction of sp³-hybridized carbons (Fsp3) is 0.714. The van der Waals surface area contributed by atoms with Gasteiger partial charge in [-0.25, -0.2) is 0 Å². The van der Waals surface area contributed by atoms with Crippen LogP contribution >= 0.6 is 0 Å². The summed E-state index contributed by atoms with van der Waals surface area (Å²) in [5, 5.41) is 0. The molecule has 120 valence electrons. The van der Waals surface area contributed by atoms with E-state index in [1.165, 1.54) is 44.1 Å². The molecule has 0 heteroatoms. The zero-order valence-electron chi connectivity index (χ0n) is 15.5. The van der Waals surface area contributed by atoms with E-state index in [0.29, 0.717) is 10.8 Å². The van der Waals surface area contributed by atoms with Gasteiger partial charge in [-0.2, -0.15) is 0 Å². The van der Waals surface area contributed by atoms with Crippen LogP contribution in [0.2, 0.25) is 0 Å². The number of benzene rings is 1. The van der Waals surface area contributed by atoms with Gasteiger partial charge in [-0.1, -0.05) is 59.7 Å². The molecule has 0 aliphatic heterocycles. The van der Waals surface area contributed by atoms with Crippen LogP contribution < -0.4 is 0 Å². The molecule has 0 heterocycles. The number of hydrogen-bond acceptors (Lipinski definition) is 0. The molecule has 0 bridgehead atoms. The van der Waals surface area contributed by atoms with Gasteiger partial charge in [-0.15, -0.1) is 0 Å². The third-order valence-electron chi connectivity index (χ3n) is 4.23. The quantitative estimate of drug-likeness (QED) is 0.544. The molecule has 0 amide bonds. The summed E-state index contributed by atoms with van der Waals surface area (Å²) in [6, 6.07) is 6.86. The van der Waals surface area contributed by atoms with Crippen molar-refractivity contribution in [2.75, 3.05) is 0 Å². The van der Waals surface area contributed by atoms with Crippen LogP contribution in [0.1, 0.15) is 83.9 Å². The molecule has 1 rings (SSSR count). The second-order valence-corrected chi connectivity index (χ2v) is 9.04. The van der Waals surface area contributed by atoms with Gasteiger partial charge >= 0.3 is 0 Å². The highest BCUT2D eigenvalue weighted by Crippen LogP contribution is 2.26. The SMILES string of the molecule is Cc1cccc(CCCC(C)(C)C)c1CCCC(C)(C)C. The van der Waals surface area contributed by atoms with Gasteiger partial charge in [0.05, 0.1) is 0 Å². The summed E-state index contributed by atoms with van der Waals surface area (Å²) in [6.45, 7) is 16.3. The van der Waals surface area contributed by atoms with E-state index in [1.807, 2.05) is 0 Å². The molecule has 0 saturated carbocycles. The molecule has 0 unspecified atom stereocenters. The molecule has 21 heavy (non-hydrogen) atoms. The maximum absolute atomic E-state index is 2.35. The van der Waals surface area contributed by atoms with Gasteiger partial charge < -0.3 is 0 Å². The van der Waals surface area contributed by atoms with E-state index in [-0.39, 0.29) is 0 Å². The van der Waals surface area contributed by atoms with Gasteiger partial charge in [0.25, 0.3) is 0 Å². The Morgan fingerprint density at radius 3 is 1.81 bits per heavy atom. The van der Waals surface area contributed by atoms with Crippen molar-refractivity contribution in [2.45, 2.75) is 87.0 Å². The van der Waals surface area contributed by atoms with Gasteiger partial charge in [0, 0.05) is 0 Å². The number of aryl methyl sites for hydroxylation is 2. The molecule has 1 aromatic rings. The highest BCUT2D eigenvalue weighted by molar-refractivity contribution is 5.34. The largest absolute Gasteiger partial charge is 0.0617 e. The first kappa shape index (κ1) is 18.3. The summed E-state index contributed by atoms with van der Waals surface area (Å²) in [5.74, 6) is 0. The Balaban J connectivity index is 2.65. The Bertz CT molecular complexity index is 426. The minimum atomic E-state index is 0.453. The average molecular weight is 289 g/mol. The van der Waals surface area contributed by atoms with Crippen molar-refractivity contribution in [3.8, 4) is 0 Å². The summed E-state index contributed by atoms with van der Waals surface area (Å²) in [6.07, 6.45) is 7.71. The second-order valence-electron chi connectivity index (χ2n) is 9.04. The van der Waals surface area contributed by atoms with Crippen molar-refractivity contribution < 1.29 is 0 Å². The van der Waals surface area contributed by atoms with E-state index in [0.717, 1.165) is 0 Å². The fourth-order valence-electron chi connectivity index (χ4n) is 2.96. The molecule has 0 spiro atoms. The Labute approximate surface area is 133 Å². The molecule has 0 aromatic heterocycles. The van der Waals surface area contributed by atoms with Gasteiger partial charge in [0.15, 0.2) is 0 Å². The van der Waals surface area contributed by atoms with Crippen molar-refractivity contribution in [1.29, 1.82) is 0 Å². The molecule has 0 nitrogen and oxygen atoms in total. The van der Waals surface area contributed by atoms with Gasteiger partial charge in [0.2, 0.25) is 0 Å². The van der Waals surface area contributed by atoms with E-state index in [2.05, 4.69) is 66.7 Å². The first-order valence-corrected chi connectivity index (χ1v) is 8.66. The monoisotopic (exact) mass is 288 g/mol. The fourth-order valence-corrected chi connectivity index (χ4v) is 2.96. The van der Waals surface area contributed by atoms with Crippen LogP contribution in [0.15, 0.2) is 18.2 Å². The number of rotatable bonds is 6. The molecule has 0 radical (unpaired) electrons. The predicted molar refractivity (Wildman–Crippen MR) is 96.0 cm³/mol. The maximum atomic E-state index is 2.35. The third-order valence-corrected chi connectivity index (χ3v) is 4.23. The van der Waals surface area contributed by atoms with Crippen molar-refractivity contribution in [1.82, 2.24) is 0 Å². The van der Waals surface area contributed by atoms with Crippen molar-refractivity contribution in [2.24, 2.45) is 10.8 Å². The smallest absolute Gasteiger partial charge is 0.0273 e. The minimum absolute atomic E-state index is 0.453. The lowest BCUT2D eigenvalue weighted by molar-refractivity contribution is 0.362. The van der Waals surface area contributed by atoms with Crippen LogP contribution in [0, 0.1) is 17.8 Å². The lowest BCUT2D eigenvalue weighted by Crippen LogP contribution is -2.08. The van der Waals surface area contributed by atoms with Crippen molar-refractivity contribution in [3.63, 3.8) is 0 Å². The molecule has 0 atom stereocenters. The van der Waals surface area contributed by atoms with E-state index in [1.54, 1.807) is 11.1 Å². The zero-order valence-corrected chi connectivity index (χ0v) is 15.5. The van der Waals surface area contributed by atoms with Crippen molar-refractivity contribution >= 4 is 0 Å². The zero-order chi connectivity index (χ0) is 16.1. The maximum Gasteiger partial charge on any atom is -0.0273 e. The van der Waals surface area contributed by atoms with Crippen molar-refractivity contribution in [3.05, 3.63) is 34.9 Å². The lowest BCUT2D eigenvalue weighted by Gasteiger charge is -2.20. The molecule has 1 aromatic carbocycles. The van der Waals surface area contributed by atoms with Crippen LogP contribution in [-0.2, 0) is 12.8 Å². The van der Waals surface area contributed by atoms with Gasteiger partial charge in [0.1, 0.15) is 0 Å². The first-order valence-electron chi connectivity index (χ1n) is 8.66. The average Bonchev–Trinajstić information content (AvgIpc) is 2.29. The molecule has 0 aliphatic carbocycles. The Morgan fingerprint density at radius 2 is 1.29 bits per heavy atom. The standard InChI is InChI=1S/C21H36/c1-17-11-8-12-18(13-9-15-20(2,3)4)19(17)14-10-16-21(5,6)7/h8,11-12H,9-10,13-16H2,1-7H3. The summed E-state index contributed by atoms with van der Waals surface area (Å²) < 4.78 is 0. The highest BCUT2D eigenvalue weighted by Gasteiger charge is 2.13. The molecule has 0 N–H and O–H groups in total. The molecule has 0 aliphatic rings. The molecule has 0 saturated heterocycles. The summed E-state index contributed by atoms with van der Waals surface area (Å²) >= 11 is 0. The number of hydrogen-bond donors (Lipinski definition) is 0. The van der Waals surface area contributed by atoms with Crippen LogP contribution in [0.4, 0.5) is 0 Å². The lowest BCUT2D eigenvalue weighted by atomic mass is 9.85. The Morgan fingerprint density at radius 1 is 0.762 bits per heavy atom. The summed E-state index contributed by atoms with van der Waals surface area (Å²) in [4.78, 5) is 0. The normalized spacial score (nSPS) is 12.7. The summed E-state index contributed by atoms with van der Waals surface area (Å²) in [7, 11) is 0. The van der Waals surface area contributed by atoms with Crippen LogP contribution in [-0.4, -0.2) is 0 Å². The Kier molecular flexibility index (Phi) is 6.50. The van der Waals surface area contributed by atoms with E-state index in [4.69, 9.17) is 0 Å². The topological polar surface area (TPSA) is 0 Å². The molecule has 0 fully saturated rings. The second kappa shape index (κ2) is 7.47. The minimum Gasteiger partial charge on any atom is -0.0617 e.